The Kier molecular flexibility index (Phi) is 6.66. The number of nitrogens with one attached hydrogen (secondary N) is 1. The van der Waals surface area contributed by atoms with E-state index in [0.29, 0.717) is 6.42 Å². The summed E-state index contributed by atoms with van der Waals surface area (Å²) >= 11 is 0. The molecule has 2 atom stereocenters. The molecule has 2 unspecified atom stereocenters. The summed E-state index contributed by atoms with van der Waals surface area (Å²) < 4.78 is 29.8. The quantitative estimate of drug-likeness (QED) is 0.726. The highest BCUT2D eigenvalue weighted by molar-refractivity contribution is 7.92. The average Bonchev–Trinajstić information content (AvgIpc) is 2.42. The second kappa shape index (κ2) is 7.58. The van der Waals surface area contributed by atoms with Crippen molar-refractivity contribution in [2.24, 2.45) is 5.41 Å². The molecule has 6 heteroatoms. The van der Waals surface area contributed by atoms with Crippen LogP contribution in [0.5, 0.6) is 0 Å². The fourth-order valence-corrected chi connectivity index (χ4v) is 5.13. The summed E-state index contributed by atoms with van der Waals surface area (Å²) in [4.78, 5) is 11.2. The van der Waals surface area contributed by atoms with Gasteiger partial charge in [-0.25, -0.2) is 8.42 Å². The second-order valence-electron chi connectivity index (χ2n) is 6.70. The number of methoxy groups -OCH3 is 1. The van der Waals surface area contributed by atoms with Gasteiger partial charge in [0.2, 0.25) is 0 Å². The summed E-state index contributed by atoms with van der Waals surface area (Å²) in [5.74, 6) is -0.586. The third-order valence-corrected chi connectivity index (χ3v) is 6.46. The van der Waals surface area contributed by atoms with Crippen LogP contribution < -0.4 is 5.32 Å². The largest absolute Gasteiger partial charge is 0.469 e. The number of hydrogen-bond donors (Lipinski definition) is 1. The lowest BCUT2D eigenvalue weighted by Gasteiger charge is -2.40. The Balaban J connectivity index is 2.81. The predicted octanol–water partition coefficient (Wildman–Crippen LogP) is 1.91. The first-order valence-corrected chi connectivity index (χ1v) is 9.45. The number of rotatable bonds is 7. The summed E-state index contributed by atoms with van der Waals surface area (Å²) in [5.41, 5.74) is 0.0351. The number of sulfone groups is 1. The van der Waals surface area contributed by atoms with E-state index in [-0.39, 0.29) is 23.6 Å². The molecule has 1 aliphatic rings. The standard InChI is InChI=1S/C15H29NO4S/c1-5-9-16-12-6-8-15(2,3)11-13(12)21(18,19)10-7-14(17)20-4/h12-13,16H,5-11H2,1-4H3. The fraction of sp³-hybridized carbons (Fsp3) is 0.933. The Morgan fingerprint density at radius 2 is 2.05 bits per heavy atom. The molecular formula is C15H29NO4S. The van der Waals surface area contributed by atoms with Crippen LogP contribution in [-0.4, -0.2) is 45.1 Å². The summed E-state index contributed by atoms with van der Waals surface area (Å²) in [5, 5.41) is 2.97. The molecule has 1 rings (SSSR count). The van der Waals surface area contributed by atoms with Crippen molar-refractivity contribution in [1.82, 2.24) is 5.32 Å². The molecule has 0 bridgehead atoms. The van der Waals surface area contributed by atoms with Crippen molar-refractivity contribution in [3.8, 4) is 0 Å². The van der Waals surface area contributed by atoms with Gasteiger partial charge in [-0.05, 0) is 37.6 Å². The van der Waals surface area contributed by atoms with Crippen molar-refractivity contribution >= 4 is 15.8 Å². The summed E-state index contributed by atoms with van der Waals surface area (Å²) in [6, 6.07) is 0.000576. The van der Waals surface area contributed by atoms with Gasteiger partial charge in [0.15, 0.2) is 9.84 Å². The lowest BCUT2D eigenvalue weighted by molar-refractivity contribution is -0.140. The zero-order valence-corrected chi connectivity index (χ0v) is 14.5. The Morgan fingerprint density at radius 3 is 2.62 bits per heavy atom. The monoisotopic (exact) mass is 319 g/mol. The van der Waals surface area contributed by atoms with Gasteiger partial charge in [-0.2, -0.15) is 0 Å². The molecule has 5 nitrogen and oxygen atoms in total. The van der Waals surface area contributed by atoms with Crippen LogP contribution in [0.25, 0.3) is 0 Å². The normalized spacial score (nSPS) is 25.5. The van der Waals surface area contributed by atoms with Crippen LogP contribution in [0.2, 0.25) is 0 Å². The number of esters is 1. The van der Waals surface area contributed by atoms with E-state index in [1.165, 1.54) is 7.11 Å². The molecule has 1 saturated carbocycles. The van der Waals surface area contributed by atoms with Crippen molar-refractivity contribution in [2.75, 3.05) is 19.4 Å². The predicted molar refractivity (Wildman–Crippen MR) is 83.9 cm³/mol. The number of carbonyl (C=O) groups excluding carboxylic acids is 1. The minimum Gasteiger partial charge on any atom is -0.469 e. The Hall–Kier alpha value is -0.620. The Morgan fingerprint density at radius 1 is 1.38 bits per heavy atom. The summed E-state index contributed by atoms with van der Waals surface area (Å²) in [7, 11) is -2.02. The molecule has 0 heterocycles. The van der Waals surface area contributed by atoms with E-state index in [1.807, 2.05) is 0 Å². The van der Waals surface area contributed by atoms with Crippen molar-refractivity contribution in [1.29, 1.82) is 0 Å². The maximum absolute atomic E-state index is 12.6. The van der Waals surface area contributed by atoms with E-state index >= 15 is 0 Å². The second-order valence-corrected chi connectivity index (χ2v) is 9.04. The van der Waals surface area contributed by atoms with Crippen molar-refractivity contribution in [3.63, 3.8) is 0 Å². The van der Waals surface area contributed by atoms with Gasteiger partial charge in [-0.15, -0.1) is 0 Å². The molecule has 1 N–H and O–H groups in total. The number of carbonyl (C=O) groups is 1. The maximum atomic E-state index is 12.6. The van der Waals surface area contributed by atoms with Gasteiger partial charge in [-0.1, -0.05) is 20.8 Å². The Bertz CT molecular complexity index is 445. The first-order valence-electron chi connectivity index (χ1n) is 7.73. The van der Waals surface area contributed by atoms with Crippen molar-refractivity contribution < 1.29 is 17.9 Å². The molecule has 0 aromatic rings. The molecule has 0 radical (unpaired) electrons. The first kappa shape index (κ1) is 18.4. The van der Waals surface area contributed by atoms with E-state index < -0.39 is 21.1 Å². The van der Waals surface area contributed by atoms with Crippen LogP contribution in [0.1, 0.15) is 52.9 Å². The molecule has 124 valence electrons. The van der Waals surface area contributed by atoms with E-state index in [0.717, 1.165) is 25.8 Å². The van der Waals surface area contributed by atoms with Gasteiger partial charge in [0.25, 0.3) is 0 Å². The molecule has 1 aliphatic carbocycles. The number of ether oxygens (including phenoxy) is 1. The molecular weight excluding hydrogens is 290 g/mol. The topological polar surface area (TPSA) is 72.5 Å². The van der Waals surface area contributed by atoms with Crippen LogP contribution in [0.4, 0.5) is 0 Å². The van der Waals surface area contributed by atoms with Crippen LogP contribution in [0.15, 0.2) is 0 Å². The maximum Gasteiger partial charge on any atom is 0.306 e. The minimum atomic E-state index is -3.30. The van der Waals surface area contributed by atoms with Gasteiger partial charge in [-0.3, -0.25) is 4.79 Å². The van der Waals surface area contributed by atoms with E-state index in [2.05, 4.69) is 30.8 Å². The van der Waals surface area contributed by atoms with Gasteiger partial charge < -0.3 is 10.1 Å². The summed E-state index contributed by atoms with van der Waals surface area (Å²) in [6.07, 6.45) is 3.47. The fourth-order valence-electron chi connectivity index (χ4n) is 2.94. The van der Waals surface area contributed by atoms with E-state index in [1.54, 1.807) is 0 Å². The van der Waals surface area contributed by atoms with Gasteiger partial charge in [0.05, 0.1) is 24.5 Å². The van der Waals surface area contributed by atoms with Crippen molar-refractivity contribution in [2.45, 2.75) is 64.2 Å². The van der Waals surface area contributed by atoms with Crippen LogP contribution >= 0.6 is 0 Å². The summed E-state index contributed by atoms with van der Waals surface area (Å²) in [6.45, 7) is 7.13. The highest BCUT2D eigenvalue weighted by Gasteiger charge is 2.41. The molecule has 0 spiro atoms. The SMILES string of the molecule is CCCNC1CCC(C)(C)CC1S(=O)(=O)CCC(=O)OC. The first-order chi connectivity index (χ1) is 9.72. The lowest BCUT2D eigenvalue weighted by Crippen LogP contribution is -2.50. The van der Waals surface area contributed by atoms with Crippen LogP contribution in [-0.2, 0) is 19.4 Å². The van der Waals surface area contributed by atoms with E-state index in [4.69, 9.17) is 0 Å². The third-order valence-electron chi connectivity index (χ3n) is 4.27. The molecule has 0 aliphatic heterocycles. The van der Waals surface area contributed by atoms with E-state index in [9.17, 15) is 13.2 Å². The zero-order chi connectivity index (χ0) is 16.1. The smallest absolute Gasteiger partial charge is 0.306 e. The highest BCUT2D eigenvalue weighted by atomic mass is 32.2. The van der Waals surface area contributed by atoms with Crippen LogP contribution in [0.3, 0.4) is 0 Å². The lowest BCUT2D eigenvalue weighted by atomic mass is 9.75. The molecule has 0 aromatic carbocycles. The molecule has 0 aromatic heterocycles. The Labute approximate surface area is 128 Å². The number of hydrogen-bond acceptors (Lipinski definition) is 5. The molecule has 0 amide bonds. The molecule has 0 saturated heterocycles. The molecule has 1 fully saturated rings. The van der Waals surface area contributed by atoms with Crippen LogP contribution in [0, 0.1) is 5.41 Å². The highest BCUT2D eigenvalue weighted by Crippen LogP contribution is 2.38. The van der Waals surface area contributed by atoms with Gasteiger partial charge in [0.1, 0.15) is 0 Å². The van der Waals surface area contributed by atoms with Gasteiger partial charge >= 0.3 is 5.97 Å². The average molecular weight is 319 g/mol. The van der Waals surface area contributed by atoms with Gasteiger partial charge in [0, 0.05) is 6.04 Å². The zero-order valence-electron chi connectivity index (χ0n) is 13.6. The molecule has 21 heavy (non-hydrogen) atoms. The minimum absolute atomic E-state index is 0.000576. The van der Waals surface area contributed by atoms with Crippen molar-refractivity contribution in [3.05, 3.63) is 0 Å². The third kappa shape index (κ3) is 5.58.